The average Bonchev–Trinajstić information content (AvgIpc) is 2.89. The van der Waals surface area contributed by atoms with Crippen LogP contribution in [0.5, 0.6) is 5.75 Å². The molecule has 21 heavy (non-hydrogen) atoms. The summed E-state index contributed by atoms with van der Waals surface area (Å²) < 4.78 is 18.1. The first-order valence-corrected chi connectivity index (χ1v) is 6.84. The van der Waals surface area contributed by atoms with Gasteiger partial charge in [-0.05, 0) is 12.1 Å². The Morgan fingerprint density at radius 1 is 1.48 bits per heavy atom. The Kier molecular flexibility index (Phi) is 4.71. The number of anilines is 1. The molecule has 0 unspecified atom stereocenters. The van der Waals surface area contributed by atoms with E-state index in [0.29, 0.717) is 0 Å². The predicted molar refractivity (Wildman–Crippen MR) is 76.2 cm³/mol. The van der Waals surface area contributed by atoms with Gasteiger partial charge in [0, 0.05) is 11.4 Å². The molecule has 2 aromatic rings. The molecule has 0 saturated carbocycles. The van der Waals surface area contributed by atoms with Gasteiger partial charge in [-0.2, -0.15) is 0 Å². The van der Waals surface area contributed by atoms with Crippen LogP contribution in [0.4, 0.5) is 9.52 Å². The largest absolute Gasteiger partial charge is 0.484 e. The number of aromatic nitrogens is 1. The Balaban J connectivity index is 1.89. The van der Waals surface area contributed by atoms with Gasteiger partial charge in [0.1, 0.15) is 17.3 Å². The highest BCUT2D eigenvalue weighted by atomic mass is 35.5. The van der Waals surface area contributed by atoms with Crippen molar-refractivity contribution in [1.29, 1.82) is 0 Å². The van der Waals surface area contributed by atoms with Crippen molar-refractivity contribution in [2.45, 2.75) is 0 Å². The van der Waals surface area contributed by atoms with Gasteiger partial charge in [-0.3, -0.25) is 14.9 Å². The number of ether oxygens (including phenoxy) is 1. The summed E-state index contributed by atoms with van der Waals surface area (Å²) in [4.78, 5) is 26.3. The van der Waals surface area contributed by atoms with Gasteiger partial charge in [0.2, 0.25) is 0 Å². The van der Waals surface area contributed by atoms with E-state index >= 15 is 0 Å². The number of nitrogens with two attached hydrogens (primary N) is 1. The molecule has 0 bridgehead atoms. The zero-order valence-electron chi connectivity index (χ0n) is 10.4. The quantitative estimate of drug-likeness (QED) is 0.877. The standard InChI is InChI=1S/C12H9ClFN3O3S/c13-7-3-6(1-2-8(7)14)20-4-10(18)17-12-16-9(5-21-12)11(15)19/h1-3,5H,4H2,(H2,15,19)(H,16,17,18). The van der Waals surface area contributed by atoms with E-state index in [-0.39, 0.29) is 28.2 Å². The molecule has 110 valence electrons. The minimum Gasteiger partial charge on any atom is -0.484 e. The van der Waals surface area contributed by atoms with Crippen molar-refractivity contribution in [1.82, 2.24) is 4.98 Å². The molecule has 1 aromatic carbocycles. The molecule has 9 heteroatoms. The molecule has 0 spiro atoms. The van der Waals surface area contributed by atoms with Gasteiger partial charge in [0.05, 0.1) is 5.02 Å². The maximum Gasteiger partial charge on any atom is 0.268 e. The number of rotatable bonds is 5. The Hall–Kier alpha value is -2.19. The van der Waals surface area contributed by atoms with Crippen molar-refractivity contribution in [3.05, 3.63) is 40.1 Å². The van der Waals surface area contributed by atoms with Crippen LogP contribution in [0.3, 0.4) is 0 Å². The lowest BCUT2D eigenvalue weighted by molar-refractivity contribution is -0.118. The van der Waals surface area contributed by atoms with Gasteiger partial charge in [0.15, 0.2) is 11.7 Å². The summed E-state index contributed by atoms with van der Waals surface area (Å²) in [5.74, 6) is -1.48. The number of thiazole rings is 1. The molecule has 2 amide bonds. The van der Waals surface area contributed by atoms with Crippen LogP contribution >= 0.6 is 22.9 Å². The summed E-state index contributed by atoms with van der Waals surface area (Å²) in [7, 11) is 0. The first-order valence-electron chi connectivity index (χ1n) is 5.58. The predicted octanol–water partition coefficient (Wildman–Crippen LogP) is 2.05. The maximum atomic E-state index is 12.9. The van der Waals surface area contributed by atoms with E-state index in [2.05, 4.69) is 10.3 Å². The molecule has 0 aliphatic heterocycles. The monoisotopic (exact) mass is 329 g/mol. The minimum absolute atomic E-state index is 0.0709. The van der Waals surface area contributed by atoms with Crippen molar-refractivity contribution in [3.8, 4) is 5.75 Å². The number of halogens is 2. The van der Waals surface area contributed by atoms with Gasteiger partial charge in [-0.1, -0.05) is 11.6 Å². The summed E-state index contributed by atoms with van der Waals surface area (Å²) in [6, 6.07) is 3.75. The number of amides is 2. The zero-order valence-corrected chi connectivity index (χ0v) is 12.0. The van der Waals surface area contributed by atoms with E-state index in [4.69, 9.17) is 22.1 Å². The number of carbonyl (C=O) groups is 2. The Morgan fingerprint density at radius 3 is 2.86 bits per heavy atom. The molecule has 0 saturated heterocycles. The number of nitrogens with one attached hydrogen (secondary N) is 1. The average molecular weight is 330 g/mol. The third kappa shape index (κ3) is 4.14. The van der Waals surface area contributed by atoms with Crippen LogP contribution in [0, 0.1) is 5.82 Å². The van der Waals surface area contributed by atoms with E-state index in [1.807, 2.05) is 0 Å². The molecular weight excluding hydrogens is 321 g/mol. The summed E-state index contributed by atoms with van der Waals surface area (Å²) in [5, 5.41) is 4.00. The summed E-state index contributed by atoms with van der Waals surface area (Å²) in [6.45, 7) is -0.312. The van der Waals surface area contributed by atoms with Gasteiger partial charge in [-0.15, -0.1) is 11.3 Å². The first-order chi connectivity index (χ1) is 9.95. The van der Waals surface area contributed by atoms with Crippen molar-refractivity contribution < 1.29 is 18.7 Å². The van der Waals surface area contributed by atoms with Gasteiger partial charge in [-0.25, -0.2) is 9.37 Å². The van der Waals surface area contributed by atoms with Crippen molar-refractivity contribution in [3.63, 3.8) is 0 Å². The zero-order chi connectivity index (χ0) is 15.4. The number of benzene rings is 1. The van der Waals surface area contributed by atoms with E-state index in [0.717, 1.165) is 17.4 Å². The molecule has 2 rings (SSSR count). The molecule has 0 radical (unpaired) electrons. The van der Waals surface area contributed by atoms with E-state index in [9.17, 15) is 14.0 Å². The molecule has 0 aliphatic carbocycles. The van der Waals surface area contributed by atoms with Crippen LogP contribution in [0.2, 0.25) is 5.02 Å². The second-order valence-electron chi connectivity index (χ2n) is 3.81. The van der Waals surface area contributed by atoms with Crippen molar-refractivity contribution in [2.75, 3.05) is 11.9 Å². The highest BCUT2D eigenvalue weighted by Gasteiger charge is 2.10. The molecule has 1 aromatic heterocycles. The number of primary amides is 1. The fourth-order valence-corrected chi connectivity index (χ4v) is 2.20. The number of hydrogen-bond acceptors (Lipinski definition) is 5. The molecular formula is C12H9ClFN3O3S. The van der Waals surface area contributed by atoms with Crippen LogP contribution in [-0.2, 0) is 4.79 Å². The summed E-state index contributed by atoms with van der Waals surface area (Å²) in [6.07, 6.45) is 0. The van der Waals surface area contributed by atoms with Gasteiger partial charge >= 0.3 is 0 Å². The highest BCUT2D eigenvalue weighted by Crippen LogP contribution is 2.21. The fraction of sp³-hybridized carbons (Fsp3) is 0.0833. The SMILES string of the molecule is NC(=O)c1csc(NC(=O)COc2ccc(F)c(Cl)c2)n1. The number of hydrogen-bond donors (Lipinski definition) is 2. The van der Waals surface area contributed by atoms with Gasteiger partial charge < -0.3 is 10.5 Å². The lowest BCUT2D eigenvalue weighted by Gasteiger charge is -2.06. The topological polar surface area (TPSA) is 94.3 Å². The Morgan fingerprint density at radius 2 is 2.24 bits per heavy atom. The van der Waals surface area contributed by atoms with Crippen LogP contribution < -0.4 is 15.8 Å². The lowest BCUT2D eigenvalue weighted by Crippen LogP contribution is -2.20. The van der Waals surface area contributed by atoms with E-state index in [1.165, 1.54) is 17.5 Å². The van der Waals surface area contributed by atoms with Gasteiger partial charge in [0.25, 0.3) is 11.8 Å². The number of carbonyl (C=O) groups excluding carboxylic acids is 2. The Labute approximate surface area is 127 Å². The molecule has 0 fully saturated rings. The molecule has 0 atom stereocenters. The normalized spacial score (nSPS) is 10.2. The summed E-state index contributed by atoms with van der Waals surface area (Å²) in [5.41, 5.74) is 5.11. The van der Waals surface area contributed by atoms with Crippen LogP contribution in [0.1, 0.15) is 10.5 Å². The number of nitrogens with zero attached hydrogens (tertiary/aromatic N) is 1. The first kappa shape index (κ1) is 15.2. The second kappa shape index (κ2) is 6.51. The molecule has 1 heterocycles. The van der Waals surface area contributed by atoms with Crippen LogP contribution in [0.25, 0.3) is 0 Å². The van der Waals surface area contributed by atoms with Crippen LogP contribution in [0.15, 0.2) is 23.6 Å². The van der Waals surface area contributed by atoms with Crippen LogP contribution in [-0.4, -0.2) is 23.4 Å². The third-order valence-corrected chi connectivity index (χ3v) is 3.31. The third-order valence-electron chi connectivity index (χ3n) is 2.26. The second-order valence-corrected chi connectivity index (χ2v) is 5.08. The minimum atomic E-state index is -0.677. The Bertz CT molecular complexity index is 692. The molecule has 0 aliphatic rings. The van der Waals surface area contributed by atoms with E-state index in [1.54, 1.807) is 0 Å². The lowest BCUT2D eigenvalue weighted by atomic mass is 10.3. The smallest absolute Gasteiger partial charge is 0.268 e. The molecule has 3 N–H and O–H groups in total. The summed E-state index contributed by atoms with van der Waals surface area (Å²) >= 11 is 6.65. The van der Waals surface area contributed by atoms with Crippen molar-refractivity contribution in [2.24, 2.45) is 5.73 Å². The maximum absolute atomic E-state index is 12.9. The fourth-order valence-electron chi connectivity index (χ4n) is 1.32. The highest BCUT2D eigenvalue weighted by molar-refractivity contribution is 7.14. The van der Waals surface area contributed by atoms with Crippen molar-refractivity contribution >= 4 is 39.9 Å². The molecule has 6 nitrogen and oxygen atoms in total. The van der Waals surface area contributed by atoms with E-state index < -0.39 is 17.6 Å².